The van der Waals surface area contributed by atoms with Crippen molar-refractivity contribution in [2.75, 3.05) is 5.32 Å². The van der Waals surface area contributed by atoms with E-state index in [1.54, 1.807) is 6.20 Å². The van der Waals surface area contributed by atoms with Crippen molar-refractivity contribution in [1.82, 2.24) is 4.98 Å². The van der Waals surface area contributed by atoms with Crippen LogP contribution in [0, 0.1) is 25.2 Å². The normalized spacial score (nSPS) is 9.81. The molecular formula is C12H11N3S. The maximum absolute atomic E-state index is 8.71. The molecule has 0 aliphatic heterocycles. The lowest BCUT2D eigenvalue weighted by atomic mass is 10.1. The minimum Gasteiger partial charge on any atom is -0.331 e. The molecule has 1 N–H and O–H groups in total. The molecule has 16 heavy (non-hydrogen) atoms. The number of thiazole rings is 1. The Balaban J connectivity index is 2.27. The standard InChI is InChI=1S/C12H11N3S/c1-8-4-3-5-11(9(8)2)15-12-14-7-10(6-13)16-12/h3-5,7H,1-2H3,(H,14,15). The first kappa shape index (κ1) is 10.7. The molecule has 3 nitrogen and oxygen atoms in total. The number of aromatic nitrogens is 1. The van der Waals surface area contributed by atoms with Crippen LogP contribution in [-0.4, -0.2) is 4.98 Å². The average Bonchev–Trinajstić information content (AvgIpc) is 2.73. The molecule has 0 saturated carbocycles. The molecule has 0 fully saturated rings. The van der Waals surface area contributed by atoms with Gasteiger partial charge in [-0.3, -0.25) is 0 Å². The summed E-state index contributed by atoms with van der Waals surface area (Å²) >= 11 is 1.36. The van der Waals surface area contributed by atoms with Gasteiger partial charge in [-0.2, -0.15) is 5.26 Å². The van der Waals surface area contributed by atoms with Crippen LogP contribution in [0.5, 0.6) is 0 Å². The Bertz CT molecular complexity index is 552. The molecule has 0 bridgehead atoms. The van der Waals surface area contributed by atoms with Gasteiger partial charge in [0, 0.05) is 5.69 Å². The molecule has 0 atom stereocenters. The minimum atomic E-state index is 0.618. The maximum atomic E-state index is 8.71. The largest absolute Gasteiger partial charge is 0.331 e. The third-order valence-electron chi connectivity index (χ3n) is 2.46. The first-order chi connectivity index (χ1) is 7.70. The van der Waals surface area contributed by atoms with Crippen LogP contribution in [0.3, 0.4) is 0 Å². The Kier molecular flexibility index (Phi) is 2.88. The van der Waals surface area contributed by atoms with Crippen LogP contribution in [0.1, 0.15) is 16.0 Å². The van der Waals surface area contributed by atoms with Crippen molar-refractivity contribution in [2.45, 2.75) is 13.8 Å². The summed E-state index contributed by atoms with van der Waals surface area (Å²) in [6.45, 7) is 4.14. The Morgan fingerprint density at radius 3 is 2.88 bits per heavy atom. The summed E-state index contributed by atoms with van der Waals surface area (Å²) in [5.74, 6) is 0. The molecule has 2 rings (SSSR count). The fraction of sp³-hybridized carbons (Fsp3) is 0.167. The van der Waals surface area contributed by atoms with Crippen molar-refractivity contribution >= 4 is 22.2 Å². The highest BCUT2D eigenvalue weighted by Gasteiger charge is 2.04. The molecule has 0 spiro atoms. The minimum absolute atomic E-state index is 0.618. The molecule has 4 heteroatoms. The lowest BCUT2D eigenvalue weighted by Gasteiger charge is -2.08. The molecule has 1 aromatic heterocycles. The molecule has 2 aromatic rings. The highest BCUT2D eigenvalue weighted by molar-refractivity contribution is 7.16. The summed E-state index contributed by atoms with van der Waals surface area (Å²) in [6, 6.07) is 8.16. The van der Waals surface area contributed by atoms with Crippen LogP contribution in [0.25, 0.3) is 0 Å². The van der Waals surface area contributed by atoms with Crippen LogP contribution in [0.2, 0.25) is 0 Å². The molecule has 0 aliphatic rings. The van der Waals surface area contributed by atoms with Crippen molar-refractivity contribution in [3.8, 4) is 6.07 Å². The summed E-state index contributed by atoms with van der Waals surface area (Å²) in [7, 11) is 0. The molecule has 0 saturated heterocycles. The molecule has 0 aliphatic carbocycles. The Hall–Kier alpha value is -1.86. The third kappa shape index (κ3) is 2.05. The van der Waals surface area contributed by atoms with E-state index >= 15 is 0 Å². The quantitative estimate of drug-likeness (QED) is 0.858. The molecule has 80 valence electrons. The summed E-state index contributed by atoms with van der Waals surface area (Å²) in [4.78, 5) is 4.76. The molecular weight excluding hydrogens is 218 g/mol. The van der Waals surface area contributed by atoms with E-state index in [1.807, 2.05) is 12.1 Å². The van der Waals surface area contributed by atoms with E-state index in [0.717, 1.165) is 10.8 Å². The Labute approximate surface area is 98.4 Å². The molecule has 0 radical (unpaired) electrons. The van der Waals surface area contributed by atoms with Gasteiger partial charge in [0.15, 0.2) is 5.13 Å². The predicted octanol–water partition coefficient (Wildman–Crippen LogP) is 3.38. The first-order valence-electron chi connectivity index (χ1n) is 4.90. The fourth-order valence-corrected chi connectivity index (χ4v) is 2.01. The second-order valence-electron chi connectivity index (χ2n) is 3.51. The van der Waals surface area contributed by atoms with Crippen LogP contribution in [0.4, 0.5) is 10.8 Å². The number of nitrogens with zero attached hydrogens (tertiary/aromatic N) is 2. The summed E-state index contributed by atoms with van der Waals surface area (Å²) in [6.07, 6.45) is 1.58. The first-order valence-corrected chi connectivity index (χ1v) is 5.71. The zero-order chi connectivity index (χ0) is 11.5. The summed E-state index contributed by atoms with van der Waals surface area (Å²) < 4.78 is 0. The molecule has 0 amide bonds. The van der Waals surface area contributed by atoms with Crippen molar-refractivity contribution in [1.29, 1.82) is 5.26 Å². The zero-order valence-corrected chi connectivity index (χ0v) is 9.93. The van der Waals surface area contributed by atoms with Gasteiger partial charge in [0.2, 0.25) is 0 Å². The van der Waals surface area contributed by atoms with Crippen LogP contribution >= 0.6 is 11.3 Å². The van der Waals surface area contributed by atoms with E-state index in [9.17, 15) is 0 Å². The van der Waals surface area contributed by atoms with Gasteiger partial charge in [-0.1, -0.05) is 23.5 Å². The van der Waals surface area contributed by atoms with Gasteiger partial charge < -0.3 is 5.32 Å². The van der Waals surface area contributed by atoms with Gasteiger partial charge in [0.1, 0.15) is 10.9 Å². The third-order valence-corrected chi connectivity index (χ3v) is 3.28. The van der Waals surface area contributed by atoms with E-state index in [4.69, 9.17) is 5.26 Å². The number of nitriles is 1. The highest BCUT2D eigenvalue weighted by atomic mass is 32.1. The summed E-state index contributed by atoms with van der Waals surface area (Å²) in [5.41, 5.74) is 3.48. The van der Waals surface area contributed by atoms with E-state index in [2.05, 4.69) is 36.3 Å². The van der Waals surface area contributed by atoms with Gasteiger partial charge in [-0.25, -0.2) is 4.98 Å². The number of aryl methyl sites for hydroxylation is 1. The number of hydrogen-bond donors (Lipinski definition) is 1. The second-order valence-corrected chi connectivity index (χ2v) is 4.54. The molecule has 1 heterocycles. The van der Waals surface area contributed by atoms with Crippen LogP contribution in [-0.2, 0) is 0 Å². The van der Waals surface area contributed by atoms with Gasteiger partial charge in [0.25, 0.3) is 0 Å². The van der Waals surface area contributed by atoms with Gasteiger partial charge in [0.05, 0.1) is 6.20 Å². The monoisotopic (exact) mass is 229 g/mol. The SMILES string of the molecule is Cc1cccc(Nc2ncc(C#N)s2)c1C. The number of nitrogens with one attached hydrogen (secondary N) is 1. The molecule has 0 unspecified atom stereocenters. The lowest BCUT2D eigenvalue weighted by Crippen LogP contribution is -1.93. The number of anilines is 2. The van der Waals surface area contributed by atoms with Crippen LogP contribution < -0.4 is 5.32 Å². The van der Waals surface area contributed by atoms with Crippen molar-refractivity contribution < 1.29 is 0 Å². The maximum Gasteiger partial charge on any atom is 0.188 e. The van der Waals surface area contributed by atoms with E-state index in [0.29, 0.717) is 4.88 Å². The fourth-order valence-electron chi connectivity index (χ4n) is 1.39. The topological polar surface area (TPSA) is 48.7 Å². The van der Waals surface area contributed by atoms with Crippen molar-refractivity contribution in [3.63, 3.8) is 0 Å². The lowest BCUT2D eigenvalue weighted by molar-refractivity contribution is 1.31. The smallest absolute Gasteiger partial charge is 0.188 e. The van der Waals surface area contributed by atoms with E-state index in [1.165, 1.54) is 22.5 Å². The molecule has 1 aromatic carbocycles. The zero-order valence-electron chi connectivity index (χ0n) is 9.11. The Morgan fingerprint density at radius 2 is 2.19 bits per heavy atom. The van der Waals surface area contributed by atoms with Gasteiger partial charge in [-0.15, -0.1) is 0 Å². The number of hydrogen-bond acceptors (Lipinski definition) is 4. The average molecular weight is 229 g/mol. The van der Waals surface area contributed by atoms with E-state index < -0.39 is 0 Å². The van der Waals surface area contributed by atoms with Crippen molar-refractivity contribution in [3.05, 3.63) is 40.4 Å². The second kappa shape index (κ2) is 4.33. The number of benzene rings is 1. The van der Waals surface area contributed by atoms with Gasteiger partial charge in [-0.05, 0) is 31.0 Å². The van der Waals surface area contributed by atoms with Gasteiger partial charge >= 0.3 is 0 Å². The van der Waals surface area contributed by atoms with E-state index in [-0.39, 0.29) is 0 Å². The number of rotatable bonds is 2. The summed E-state index contributed by atoms with van der Waals surface area (Å²) in [5, 5.41) is 12.7. The Morgan fingerprint density at radius 1 is 1.38 bits per heavy atom. The van der Waals surface area contributed by atoms with Crippen molar-refractivity contribution in [2.24, 2.45) is 0 Å². The predicted molar refractivity (Wildman–Crippen MR) is 66.0 cm³/mol. The van der Waals surface area contributed by atoms with Crippen LogP contribution in [0.15, 0.2) is 24.4 Å². The highest BCUT2D eigenvalue weighted by Crippen LogP contribution is 2.25.